The predicted molar refractivity (Wildman–Crippen MR) is 84.4 cm³/mol. The first-order valence-electron chi connectivity index (χ1n) is 6.78. The Morgan fingerprint density at radius 1 is 1.30 bits per heavy atom. The minimum Gasteiger partial charge on any atom is -1.00 e. The molecule has 0 aliphatic carbocycles. The molecule has 0 saturated carbocycles. The second kappa shape index (κ2) is 6.31. The van der Waals surface area contributed by atoms with Crippen LogP contribution in [0.3, 0.4) is 0 Å². The van der Waals surface area contributed by atoms with Crippen LogP contribution in [0.15, 0.2) is 33.5 Å². The number of hydrogen-bond acceptors (Lipinski definition) is 5. The number of carbonyl (C=O) groups is 1. The molecular weight excluding hydrogens is 307 g/mol. The van der Waals surface area contributed by atoms with Crippen LogP contribution in [0.25, 0.3) is 22.1 Å². The molecule has 3 aromatic rings. The van der Waals surface area contributed by atoms with Gasteiger partial charge in [-0.2, -0.15) is 0 Å². The Labute approximate surface area is 155 Å². The van der Waals surface area contributed by atoms with E-state index < -0.39 is 5.97 Å². The summed E-state index contributed by atoms with van der Waals surface area (Å²) in [5.41, 5.74) is 6.65. The Bertz CT molecular complexity index is 985. The number of pyridine rings is 1. The van der Waals surface area contributed by atoms with Crippen LogP contribution >= 0.6 is 0 Å². The molecule has 3 N–H and O–H groups in total. The Morgan fingerprint density at radius 3 is 2.61 bits per heavy atom. The first-order valence-corrected chi connectivity index (χ1v) is 6.78. The van der Waals surface area contributed by atoms with Gasteiger partial charge in [0, 0.05) is 6.07 Å². The number of hydrogen-bond donors (Lipinski definition) is 2. The molecule has 6 nitrogen and oxygen atoms in total. The third kappa shape index (κ3) is 2.97. The van der Waals surface area contributed by atoms with Gasteiger partial charge in [0.1, 0.15) is 17.0 Å². The molecular formula is C16H15N2NaO4. The van der Waals surface area contributed by atoms with Crippen LogP contribution in [-0.2, 0) is 0 Å². The molecule has 0 bridgehead atoms. The van der Waals surface area contributed by atoms with E-state index in [-0.39, 0.29) is 64.8 Å². The molecule has 0 aliphatic heterocycles. The SMILES string of the molecule is CC(C)c1ccc2oc3cc(C(=O)O)c(N)nc3c(=O)c2c1.[H-].[Na+]. The zero-order chi connectivity index (χ0) is 16.0. The summed E-state index contributed by atoms with van der Waals surface area (Å²) in [6, 6.07) is 6.60. The van der Waals surface area contributed by atoms with E-state index in [4.69, 9.17) is 15.3 Å². The van der Waals surface area contributed by atoms with Crippen LogP contribution in [0.1, 0.15) is 37.1 Å². The van der Waals surface area contributed by atoms with E-state index in [0.717, 1.165) is 5.56 Å². The van der Waals surface area contributed by atoms with Gasteiger partial charge >= 0.3 is 35.5 Å². The largest absolute Gasteiger partial charge is 1.00 e. The first kappa shape index (κ1) is 17.5. The molecule has 0 atom stereocenters. The van der Waals surface area contributed by atoms with Crippen LogP contribution in [0, 0.1) is 0 Å². The third-order valence-corrected chi connectivity index (χ3v) is 3.60. The summed E-state index contributed by atoms with van der Waals surface area (Å²) >= 11 is 0. The number of nitrogens with two attached hydrogens (primary N) is 1. The minimum absolute atomic E-state index is 0. The zero-order valence-corrected chi connectivity index (χ0v) is 15.1. The number of fused-ring (bicyclic) bond motifs is 2. The van der Waals surface area contributed by atoms with E-state index in [1.54, 1.807) is 12.1 Å². The van der Waals surface area contributed by atoms with Gasteiger partial charge in [-0.15, -0.1) is 0 Å². The number of benzene rings is 1. The fraction of sp³-hybridized carbons (Fsp3) is 0.188. The smallest absolute Gasteiger partial charge is 1.00 e. The van der Waals surface area contributed by atoms with E-state index >= 15 is 0 Å². The number of aromatic nitrogens is 1. The van der Waals surface area contributed by atoms with Crippen LogP contribution in [-0.4, -0.2) is 16.1 Å². The third-order valence-electron chi connectivity index (χ3n) is 3.60. The molecule has 0 spiro atoms. The van der Waals surface area contributed by atoms with E-state index in [1.807, 2.05) is 19.9 Å². The quantitative estimate of drug-likeness (QED) is 0.502. The van der Waals surface area contributed by atoms with Gasteiger partial charge in [-0.25, -0.2) is 9.78 Å². The Kier molecular flexibility index (Phi) is 4.79. The summed E-state index contributed by atoms with van der Waals surface area (Å²) in [5, 5.41) is 9.48. The second-order valence-corrected chi connectivity index (χ2v) is 5.41. The molecule has 3 rings (SSSR count). The normalized spacial score (nSPS) is 10.9. The standard InChI is InChI=1S/C16H14N2O4.Na.H/c1-7(2)8-3-4-11-9(5-8)14(19)13-12(22-11)6-10(16(20)21)15(17)18-13;;/h3-7H,1-2H3,(H2,17,18)(H,20,21);;/q;+1;-1. The van der Waals surface area contributed by atoms with Gasteiger partial charge in [-0.05, 0) is 23.6 Å². The molecule has 2 heterocycles. The van der Waals surface area contributed by atoms with Crippen molar-refractivity contribution in [1.82, 2.24) is 4.98 Å². The Hall–Kier alpha value is -1.89. The zero-order valence-electron chi connectivity index (χ0n) is 14.1. The molecule has 23 heavy (non-hydrogen) atoms. The van der Waals surface area contributed by atoms with E-state index in [2.05, 4.69) is 4.98 Å². The van der Waals surface area contributed by atoms with Crippen LogP contribution in [0.4, 0.5) is 5.82 Å². The predicted octanol–water partition coefficient (Wildman–Crippen LogP) is -0.138. The summed E-state index contributed by atoms with van der Waals surface area (Å²) in [5.74, 6) is -1.15. The summed E-state index contributed by atoms with van der Waals surface area (Å²) in [6.45, 7) is 4.05. The number of anilines is 1. The van der Waals surface area contributed by atoms with Crippen LogP contribution in [0.5, 0.6) is 0 Å². The van der Waals surface area contributed by atoms with Crippen molar-refractivity contribution in [3.63, 3.8) is 0 Å². The van der Waals surface area contributed by atoms with Gasteiger partial charge in [0.05, 0.1) is 5.39 Å². The van der Waals surface area contributed by atoms with Crippen molar-refractivity contribution >= 4 is 33.9 Å². The van der Waals surface area contributed by atoms with E-state index in [9.17, 15) is 9.59 Å². The van der Waals surface area contributed by atoms with Gasteiger partial charge < -0.3 is 16.7 Å². The van der Waals surface area contributed by atoms with Crippen molar-refractivity contribution in [2.75, 3.05) is 5.73 Å². The maximum absolute atomic E-state index is 12.6. The maximum Gasteiger partial charge on any atom is 1.00 e. The molecule has 0 amide bonds. The summed E-state index contributed by atoms with van der Waals surface area (Å²) in [4.78, 5) is 27.6. The van der Waals surface area contributed by atoms with Gasteiger partial charge in [0.15, 0.2) is 11.1 Å². The van der Waals surface area contributed by atoms with E-state index in [0.29, 0.717) is 11.0 Å². The van der Waals surface area contributed by atoms with Gasteiger partial charge in [-0.1, -0.05) is 19.9 Å². The average Bonchev–Trinajstić information content (AvgIpc) is 2.47. The summed E-state index contributed by atoms with van der Waals surface area (Å²) < 4.78 is 5.63. The maximum atomic E-state index is 12.6. The van der Waals surface area contributed by atoms with Crippen LogP contribution in [0.2, 0.25) is 0 Å². The summed E-state index contributed by atoms with van der Waals surface area (Å²) in [6.07, 6.45) is 0. The van der Waals surface area contributed by atoms with Crippen molar-refractivity contribution in [3.8, 4) is 0 Å². The average molecular weight is 322 g/mol. The van der Waals surface area contributed by atoms with Crippen molar-refractivity contribution in [3.05, 3.63) is 45.6 Å². The minimum atomic E-state index is -1.22. The first-order chi connectivity index (χ1) is 10.4. The molecule has 0 unspecified atom stereocenters. The molecule has 0 radical (unpaired) electrons. The summed E-state index contributed by atoms with van der Waals surface area (Å²) in [7, 11) is 0. The van der Waals surface area contributed by atoms with Crippen molar-refractivity contribution in [2.45, 2.75) is 19.8 Å². The van der Waals surface area contributed by atoms with Crippen LogP contribution < -0.4 is 40.7 Å². The van der Waals surface area contributed by atoms with Crippen molar-refractivity contribution in [2.24, 2.45) is 0 Å². The van der Waals surface area contributed by atoms with Crippen molar-refractivity contribution in [1.29, 1.82) is 0 Å². The number of aromatic carboxylic acids is 1. The topological polar surface area (TPSA) is 106 Å². The molecule has 2 aromatic heterocycles. The second-order valence-electron chi connectivity index (χ2n) is 5.41. The molecule has 0 fully saturated rings. The monoisotopic (exact) mass is 322 g/mol. The number of carboxylic acid groups (broad SMARTS) is 1. The number of rotatable bonds is 2. The fourth-order valence-corrected chi connectivity index (χ4v) is 2.34. The molecule has 1 aromatic carbocycles. The Balaban J connectivity index is 0.00000144. The van der Waals surface area contributed by atoms with Gasteiger partial charge in [0.25, 0.3) is 0 Å². The Morgan fingerprint density at radius 2 is 2.00 bits per heavy atom. The number of nitrogen functional groups attached to an aromatic ring is 1. The van der Waals surface area contributed by atoms with E-state index in [1.165, 1.54) is 6.07 Å². The van der Waals surface area contributed by atoms with Gasteiger partial charge in [-0.3, -0.25) is 4.79 Å². The molecule has 7 heteroatoms. The number of nitrogens with zero attached hydrogens (tertiary/aromatic N) is 1. The molecule has 114 valence electrons. The molecule has 0 aliphatic rings. The van der Waals surface area contributed by atoms with Gasteiger partial charge in [0.2, 0.25) is 5.43 Å². The molecule has 0 saturated heterocycles. The van der Waals surface area contributed by atoms with Crippen molar-refractivity contribution < 1.29 is 45.3 Å². The fourth-order valence-electron chi connectivity index (χ4n) is 2.34. The number of carboxylic acids is 1.